The lowest BCUT2D eigenvalue weighted by Gasteiger charge is -2.12. The summed E-state index contributed by atoms with van der Waals surface area (Å²) in [4.78, 5) is 23.4. The molecule has 7 nitrogen and oxygen atoms in total. The Labute approximate surface area is 98.8 Å². The van der Waals surface area contributed by atoms with Gasteiger partial charge in [0.15, 0.2) is 5.69 Å². The molecule has 94 valence electrons. The summed E-state index contributed by atoms with van der Waals surface area (Å²) in [6, 6.07) is 1.62. The van der Waals surface area contributed by atoms with Gasteiger partial charge in [0.25, 0.3) is 5.91 Å². The number of carboxylic acid groups (broad SMARTS) is 1. The molecule has 1 rings (SSSR count). The number of hydrogen-bond donors (Lipinski definition) is 2. The van der Waals surface area contributed by atoms with Crippen LogP contribution in [-0.2, 0) is 11.3 Å². The maximum absolute atomic E-state index is 11.8. The lowest BCUT2D eigenvalue weighted by atomic mass is 10.3. The lowest BCUT2D eigenvalue weighted by molar-refractivity contribution is -0.137. The molecule has 0 aromatic carbocycles. The Morgan fingerprint density at radius 1 is 1.59 bits per heavy atom. The first-order valence-corrected chi connectivity index (χ1v) is 5.17. The molecular weight excluding hydrogens is 224 g/mol. The van der Waals surface area contributed by atoms with Crippen molar-refractivity contribution in [1.82, 2.24) is 14.7 Å². The number of carboxylic acids is 1. The number of hydrogen-bond acceptors (Lipinski definition) is 4. The van der Waals surface area contributed by atoms with Crippen LogP contribution in [0.2, 0.25) is 0 Å². The highest BCUT2D eigenvalue weighted by Gasteiger charge is 2.18. The van der Waals surface area contributed by atoms with Crippen LogP contribution >= 0.6 is 0 Å². The van der Waals surface area contributed by atoms with Gasteiger partial charge in [-0.25, -0.2) is 0 Å². The maximum Gasteiger partial charge on any atom is 0.323 e. The smallest absolute Gasteiger partial charge is 0.323 e. The normalized spacial score (nSPS) is 10.3. The van der Waals surface area contributed by atoms with E-state index in [1.807, 2.05) is 6.92 Å². The van der Waals surface area contributed by atoms with Gasteiger partial charge in [0.2, 0.25) is 0 Å². The molecule has 0 aliphatic heterocycles. The van der Waals surface area contributed by atoms with Gasteiger partial charge in [-0.2, -0.15) is 5.10 Å². The molecule has 0 radical (unpaired) electrons. The summed E-state index contributed by atoms with van der Waals surface area (Å²) in [6.07, 6.45) is 0. The van der Waals surface area contributed by atoms with Crippen molar-refractivity contribution in [3.05, 3.63) is 17.5 Å². The number of rotatable bonds is 5. The number of aryl methyl sites for hydroxylation is 1. The third kappa shape index (κ3) is 3.28. The van der Waals surface area contributed by atoms with Gasteiger partial charge < -0.3 is 15.7 Å². The van der Waals surface area contributed by atoms with Gasteiger partial charge >= 0.3 is 5.97 Å². The second-order valence-corrected chi connectivity index (χ2v) is 3.74. The Morgan fingerprint density at radius 2 is 2.24 bits per heavy atom. The van der Waals surface area contributed by atoms with Crippen molar-refractivity contribution < 1.29 is 14.7 Å². The number of nitrogens with zero attached hydrogens (tertiary/aromatic N) is 3. The molecule has 7 heteroatoms. The molecule has 0 unspecified atom stereocenters. The summed E-state index contributed by atoms with van der Waals surface area (Å²) in [5.74, 6) is -1.47. The highest BCUT2D eigenvalue weighted by atomic mass is 16.4. The van der Waals surface area contributed by atoms with Gasteiger partial charge in [0, 0.05) is 19.3 Å². The van der Waals surface area contributed by atoms with Gasteiger partial charge in [-0.05, 0) is 13.0 Å². The second-order valence-electron chi connectivity index (χ2n) is 3.74. The minimum Gasteiger partial charge on any atom is -0.480 e. The molecule has 0 bridgehead atoms. The van der Waals surface area contributed by atoms with E-state index in [4.69, 9.17) is 10.8 Å². The molecule has 0 aliphatic rings. The Balaban J connectivity index is 2.82. The van der Waals surface area contributed by atoms with E-state index in [2.05, 4.69) is 5.10 Å². The molecule has 0 aliphatic carbocycles. The van der Waals surface area contributed by atoms with Crippen molar-refractivity contribution in [1.29, 1.82) is 0 Å². The summed E-state index contributed by atoms with van der Waals surface area (Å²) in [5, 5.41) is 12.7. The van der Waals surface area contributed by atoms with Crippen LogP contribution in [0.15, 0.2) is 6.07 Å². The molecule has 0 fully saturated rings. The predicted octanol–water partition coefficient (Wildman–Crippen LogP) is -0.693. The van der Waals surface area contributed by atoms with Crippen molar-refractivity contribution in [3.8, 4) is 0 Å². The number of carbonyl (C=O) groups is 2. The van der Waals surface area contributed by atoms with Crippen LogP contribution in [0, 0.1) is 6.92 Å². The van der Waals surface area contributed by atoms with E-state index < -0.39 is 11.9 Å². The number of carbonyl (C=O) groups excluding carboxylic acids is 1. The first kappa shape index (κ1) is 13.2. The van der Waals surface area contributed by atoms with Gasteiger partial charge in [0.05, 0.1) is 6.54 Å². The zero-order valence-electron chi connectivity index (χ0n) is 9.88. The van der Waals surface area contributed by atoms with Gasteiger partial charge in [0.1, 0.15) is 6.54 Å². The molecule has 17 heavy (non-hydrogen) atoms. The van der Waals surface area contributed by atoms with Crippen molar-refractivity contribution >= 4 is 11.9 Å². The van der Waals surface area contributed by atoms with Crippen LogP contribution < -0.4 is 5.73 Å². The fourth-order valence-corrected chi connectivity index (χ4v) is 1.43. The molecule has 3 N–H and O–H groups in total. The fraction of sp³-hybridized carbons (Fsp3) is 0.500. The standard InChI is InChI=1S/C10H16N4O3/c1-7-5-8(12-14(7)4-3-11)10(17)13(2)6-9(15)16/h5H,3-4,6,11H2,1-2H3,(H,15,16). The maximum atomic E-state index is 11.8. The van der Waals surface area contributed by atoms with Crippen LogP contribution in [0.3, 0.4) is 0 Å². The molecular formula is C10H16N4O3. The van der Waals surface area contributed by atoms with E-state index in [9.17, 15) is 9.59 Å². The molecule has 0 saturated carbocycles. The monoisotopic (exact) mass is 240 g/mol. The number of aliphatic carboxylic acids is 1. The molecule has 0 saturated heterocycles. The Kier molecular flexibility index (Phi) is 4.22. The molecule has 1 amide bonds. The van der Waals surface area contributed by atoms with Gasteiger partial charge in [-0.1, -0.05) is 0 Å². The minimum atomic E-state index is -1.06. The van der Waals surface area contributed by atoms with Crippen LogP contribution in [-0.4, -0.2) is 51.8 Å². The quantitative estimate of drug-likeness (QED) is 0.709. The summed E-state index contributed by atoms with van der Waals surface area (Å²) < 4.78 is 1.63. The number of amides is 1. The first-order valence-electron chi connectivity index (χ1n) is 5.17. The van der Waals surface area contributed by atoms with E-state index in [0.717, 1.165) is 10.6 Å². The van der Waals surface area contributed by atoms with Crippen LogP contribution in [0.25, 0.3) is 0 Å². The minimum absolute atomic E-state index is 0.236. The summed E-state index contributed by atoms with van der Waals surface area (Å²) in [5.41, 5.74) is 6.46. The van der Waals surface area contributed by atoms with Crippen LogP contribution in [0.1, 0.15) is 16.2 Å². The highest BCUT2D eigenvalue weighted by Crippen LogP contribution is 2.05. The van der Waals surface area contributed by atoms with E-state index in [0.29, 0.717) is 13.1 Å². The fourth-order valence-electron chi connectivity index (χ4n) is 1.43. The predicted molar refractivity (Wildman–Crippen MR) is 60.6 cm³/mol. The molecule has 0 atom stereocenters. The number of nitrogens with two attached hydrogens (primary N) is 1. The van der Waals surface area contributed by atoms with Crippen molar-refractivity contribution in [2.45, 2.75) is 13.5 Å². The zero-order chi connectivity index (χ0) is 13.0. The highest BCUT2D eigenvalue weighted by molar-refractivity contribution is 5.94. The van der Waals surface area contributed by atoms with Crippen molar-refractivity contribution in [2.24, 2.45) is 5.73 Å². The zero-order valence-corrected chi connectivity index (χ0v) is 9.88. The largest absolute Gasteiger partial charge is 0.480 e. The van der Waals surface area contributed by atoms with Crippen LogP contribution in [0.4, 0.5) is 0 Å². The van der Waals surface area contributed by atoms with E-state index in [-0.39, 0.29) is 12.2 Å². The topological polar surface area (TPSA) is 101 Å². The molecule has 1 aromatic rings. The van der Waals surface area contributed by atoms with Gasteiger partial charge in [-0.15, -0.1) is 0 Å². The molecule has 1 heterocycles. The average Bonchev–Trinajstić information content (AvgIpc) is 2.59. The first-order chi connectivity index (χ1) is 7.95. The third-order valence-electron chi connectivity index (χ3n) is 2.26. The Bertz CT molecular complexity index is 427. The number of aromatic nitrogens is 2. The Hall–Kier alpha value is -1.89. The van der Waals surface area contributed by atoms with E-state index in [1.165, 1.54) is 7.05 Å². The van der Waals surface area contributed by atoms with Crippen molar-refractivity contribution in [2.75, 3.05) is 20.1 Å². The third-order valence-corrected chi connectivity index (χ3v) is 2.26. The Morgan fingerprint density at radius 3 is 2.76 bits per heavy atom. The SMILES string of the molecule is Cc1cc(C(=O)N(C)CC(=O)O)nn1CCN. The number of likely N-dealkylation sites (N-methyl/N-ethyl adjacent to an activating group) is 1. The van der Waals surface area contributed by atoms with Gasteiger partial charge in [-0.3, -0.25) is 14.3 Å². The summed E-state index contributed by atoms with van der Waals surface area (Å²) in [6.45, 7) is 2.43. The van der Waals surface area contributed by atoms with E-state index in [1.54, 1.807) is 10.7 Å². The van der Waals surface area contributed by atoms with Crippen LogP contribution in [0.5, 0.6) is 0 Å². The van der Waals surface area contributed by atoms with E-state index >= 15 is 0 Å². The second kappa shape index (κ2) is 5.44. The molecule has 0 spiro atoms. The average molecular weight is 240 g/mol. The summed E-state index contributed by atoms with van der Waals surface area (Å²) >= 11 is 0. The summed E-state index contributed by atoms with van der Waals surface area (Å²) in [7, 11) is 1.42. The molecule has 1 aromatic heterocycles. The lowest BCUT2D eigenvalue weighted by Crippen LogP contribution is -2.32. The van der Waals surface area contributed by atoms with Crippen molar-refractivity contribution in [3.63, 3.8) is 0 Å².